The highest BCUT2D eigenvalue weighted by Crippen LogP contribution is 2.45. The molecule has 0 spiro atoms. The molecule has 1 aromatic heterocycles. The summed E-state index contributed by atoms with van der Waals surface area (Å²) < 4.78 is 0. The molecule has 0 radical (unpaired) electrons. The van der Waals surface area contributed by atoms with Crippen molar-refractivity contribution in [3.63, 3.8) is 0 Å². The normalized spacial score (nSPS) is 21.5. The van der Waals surface area contributed by atoms with Crippen LogP contribution >= 0.6 is 0 Å². The Balaban J connectivity index is 1.77. The van der Waals surface area contributed by atoms with Crippen LogP contribution in [0.1, 0.15) is 51.6 Å². The highest BCUT2D eigenvalue weighted by molar-refractivity contribution is 6.27. The predicted molar refractivity (Wildman–Crippen MR) is 95.9 cm³/mol. The van der Waals surface area contributed by atoms with Gasteiger partial charge in [0.15, 0.2) is 5.78 Å². The number of nitrogens with zero attached hydrogens (tertiary/aromatic N) is 2. The van der Waals surface area contributed by atoms with Crippen molar-refractivity contribution in [2.75, 3.05) is 0 Å². The third-order valence-corrected chi connectivity index (χ3v) is 5.36. The molecule has 2 aromatic rings. The number of carbonyl (C=O) groups is 3. The fourth-order valence-electron chi connectivity index (χ4n) is 4.18. The summed E-state index contributed by atoms with van der Waals surface area (Å²) in [6, 6.07) is 9.40. The van der Waals surface area contributed by atoms with Gasteiger partial charge in [0.25, 0.3) is 0 Å². The molecule has 6 heteroatoms. The van der Waals surface area contributed by atoms with Crippen molar-refractivity contribution in [3.8, 4) is 0 Å². The van der Waals surface area contributed by atoms with Crippen molar-refractivity contribution in [2.45, 2.75) is 25.2 Å². The van der Waals surface area contributed by atoms with Crippen molar-refractivity contribution in [1.82, 2.24) is 15.3 Å². The van der Waals surface area contributed by atoms with E-state index in [1.54, 1.807) is 0 Å². The van der Waals surface area contributed by atoms with Crippen LogP contribution in [0.4, 0.5) is 0 Å². The van der Waals surface area contributed by atoms with Gasteiger partial charge >= 0.3 is 0 Å². The van der Waals surface area contributed by atoms with Crippen molar-refractivity contribution in [3.05, 3.63) is 82.2 Å². The molecule has 0 amide bonds. The summed E-state index contributed by atoms with van der Waals surface area (Å²) in [5, 5.41) is 3.12. The molecule has 2 heterocycles. The second kappa shape index (κ2) is 5.81. The summed E-state index contributed by atoms with van der Waals surface area (Å²) in [6.07, 6.45) is 4.51. The van der Waals surface area contributed by atoms with Crippen LogP contribution in [0.3, 0.4) is 0 Å². The average Bonchev–Trinajstić information content (AvgIpc) is 2.71. The molecule has 0 saturated heterocycles. The van der Waals surface area contributed by atoms with Crippen LogP contribution in [0, 0.1) is 0 Å². The Morgan fingerprint density at radius 1 is 0.963 bits per heavy atom. The first-order valence-electron chi connectivity index (χ1n) is 8.88. The van der Waals surface area contributed by atoms with E-state index in [9.17, 15) is 14.4 Å². The minimum atomic E-state index is -0.551. The summed E-state index contributed by atoms with van der Waals surface area (Å²) in [6.45, 7) is 0. The Kier molecular flexibility index (Phi) is 3.40. The molecule has 0 saturated carbocycles. The molecular weight excluding hydrogens is 342 g/mol. The largest absolute Gasteiger partial charge is 0.355 e. The lowest BCUT2D eigenvalue weighted by Crippen LogP contribution is -2.40. The molecule has 27 heavy (non-hydrogen) atoms. The van der Waals surface area contributed by atoms with Gasteiger partial charge in [-0.25, -0.2) is 9.97 Å². The van der Waals surface area contributed by atoms with Crippen LogP contribution < -0.4 is 5.32 Å². The Morgan fingerprint density at radius 2 is 1.78 bits per heavy atom. The smallest absolute Gasteiger partial charge is 0.213 e. The van der Waals surface area contributed by atoms with E-state index in [4.69, 9.17) is 0 Å². The minimum absolute atomic E-state index is 0.0258. The first-order chi connectivity index (χ1) is 13.2. The van der Waals surface area contributed by atoms with Gasteiger partial charge in [-0.3, -0.25) is 14.4 Å². The van der Waals surface area contributed by atoms with Gasteiger partial charge in [0.1, 0.15) is 12.0 Å². The average molecular weight is 357 g/mol. The van der Waals surface area contributed by atoms with Gasteiger partial charge in [0.2, 0.25) is 11.6 Å². The minimum Gasteiger partial charge on any atom is -0.355 e. The second-order valence-corrected chi connectivity index (χ2v) is 6.87. The van der Waals surface area contributed by atoms with Crippen molar-refractivity contribution < 1.29 is 14.4 Å². The maximum atomic E-state index is 13.3. The zero-order chi connectivity index (χ0) is 18.5. The molecule has 0 fully saturated rings. The molecule has 2 aliphatic carbocycles. The van der Waals surface area contributed by atoms with Crippen molar-refractivity contribution in [2.24, 2.45) is 0 Å². The Hall–Kier alpha value is -3.41. The Labute approximate surface area is 155 Å². The van der Waals surface area contributed by atoms with Gasteiger partial charge in [-0.1, -0.05) is 30.3 Å². The molecule has 5 rings (SSSR count). The SMILES string of the molecule is O=C1CCCC2=C1C(c1ccccc1)C1=C(N2)C(=O)c2cncnc2C1=O. The topological polar surface area (TPSA) is 89.0 Å². The summed E-state index contributed by atoms with van der Waals surface area (Å²) >= 11 is 0. The van der Waals surface area contributed by atoms with Gasteiger partial charge in [0.05, 0.1) is 11.3 Å². The van der Waals surface area contributed by atoms with Crippen molar-refractivity contribution >= 4 is 17.3 Å². The fourth-order valence-corrected chi connectivity index (χ4v) is 4.18. The van der Waals surface area contributed by atoms with Crippen LogP contribution in [0.15, 0.2) is 65.4 Å². The number of allylic oxidation sites excluding steroid dienone is 4. The third kappa shape index (κ3) is 2.23. The highest BCUT2D eigenvalue weighted by Gasteiger charge is 2.45. The van der Waals surface area contributed by atoms with Gasteiger partial charge in [-0.2, -0.15) is 0 Å². The number of fused-ring (bicyclic) bond motifs is 1. The Bertz CT molecular complexity index is 1080. The quantitative estimate of drug-likeness (QED) is 0.843. The van der Waals surface area contributed by atoms with E-state index < -0.39 is 5.92 Å². The second-order valence-electron chi connectivity index (χ2n) is 6.87. The van der Waals surface area contributed by atoms with E-state index >= 15 is 0 Å². The third-order valence-electron chi connectivity index (χ3n) is 5.36. The van der Waals surface area contributed by atoms with Crippen molar-refractivity contribution in [1.29, 1.82) is 0 Å². The van der Waals surface area contributed by atoms with Gasteiger partial charge in [-0.05, 0) is 18.4 Å². The van der Waals surface area contributed by atoms with Crippen LogP contribution in [-0.2, 0) is 4.79 Å². The predicted octanol–water partition coefficient (Wildman–Crippen LogP) is 2.50. The van der Waals surface area contributed by atoms with Crippen LogP contribution in [0.25, 0.3) is 0 Å². The molecule has 1 atom stereocenters. The van der Waals surface area contributed by atoms with E-state index in [0.717, 1.165) is 17.7 Å². The molecular formula is C21H15N3O3. The van der Waals surface area contributed by atoms with Crippen LogP contribution in [-0.4, -0.2) is 27.3 Å². The summed E-state index contributed by atoms with van der Waals surface area (Å²) in [5.41, 5.74) is 3.05. The fraction of sp³-hybridized carbons (Fsp3) is 0.190. The first kappa shape index (κ1) is 15.8. The maximum absolute atomic E-state index is 13.3. The molecule has 1 unspecified atom stereocenters. The number of ketones is 3. The number of hydrogen-bond donors (Lipinski definition) is 1. The van der Waals surface area contributed by atoms with Crippen LogP contribution in [0.5, 0.6) is 0 Å². The molecule has 132 valence electrons. The highest BCUT2D eigenvalue weighted by atomic mass is 16.1. The van der Waals surface area contributed by atoms with Gasteiger partial charge in [-0.15, -0.1) is 0 Å². The number of Topliss-reactive ketones (excluding diaryl/α,β-unsaturated/α-hetero) is 3. The lowest BCUT2D eigenvalue weighted by atomic mass is 9.71. The molecule has 1 aromatic carbocycles. The number of nitrogens with one attached hydrogen (secondary N) is 1. The molecule has 6 nitrogen and oxygen atoms in total. The van der Waals surface area contributed by atoms with E-state index in [1.807, 2.05) is 30.3 Å². The number of dihydropyridines is 1. The lowest BCUT2D eigenvalue weighted by Gasteiger charge is -2.36. The van der Waals surface area contributed by atoms with E-state index in [1.165, 1.54) is 12.5 Å². The lowest BCUT2D eigenvalue weighted by molar-refractivity contribution is -0.116. The monoisotopic (exact) mass is 357 g/mol. The van der Waals surface area contributed by atoms with Gasteiger partial charge < -0.3 is 5.32 Å². The van der Waals surface area contributed by atoms with Gasteiger partial charge in [0, 0.05) is 35.4 Å². The summed E-state index contributed by atoms with van der Waals surface area (Å²) in [7, 11) is 0. The zero-order valence-electron chi connectivity index (χ0n) is 14.4. The standard InChI is InChI=1S/C21H15N3O3/c25-14-8-4-7-13-16(14)15(11-5-2-1-3-6-11)17-19(24-13)20(26)12-9-22-10-23-18(12)21(17)27/h1-3,5-6,9-10,15,24H,4,7-8H2. The number of rotatable bonds is 1. The van der Waals surface area contributed by atoms with E-state index in [2.05, 4.69) is 15.3 Å². The molecule has 1 aliphatic heterocycles. The summed E-state index contributed by atoms with van der Waals surface area (Å²) in [5.74, 6) is -1.15. The first-order valence-corrected chi connectivity index (χ1v) is 8.88. The number of benzene rings is 1. The van der Waals surface area contributed by atoms with Crippen LogP contribution in [0.2, 0.25) is 0 Å². The molecule has 0 bridgehead atoms. The molecule has 1 N–H and O–H groups in total. The molecule has 3 aliphatic rings. The van der Waals surface area contributed by atoms with E-state index in [-0.39, 0.29) is 34.3 Å². The number of carbonyl (C=O) groups excluding carboxylic acids is 3. The van der Waals surface area contributed by atoms with E-state index in [0.29, 0.717) is 24.0 Å². The summed E-state index contributed by atoms with van der Waals surface area (Å²) in [4.78, 5) is 47.1. The number of aromatic nitrogens is 2. The maximum Gasteiger partial charge on any atom is 0.213 e. The Morgan fingerprint density at radius 3 is 2.59 bits per heavy atom. The number of hydrogen-bond acceptors (Lipinski definition) is 6. The zero-order valence-corrected chi connectivity index (χ0v) is 14.4.